The van der Waals surface area contributed by atoms with Gasteiger partial charge in [-0.05, 0) is 22.8 Å². The normalized spacial score (nSPS) is 11.1. The highest BCUT2D eigenvalue weighted by Gasteiger charge is 2.00. The van der Waals surface area contributed by atoms with Gasteiger partial charge in [0.2, 0.25) is 0 Å². The third-order valence-electron chi connectivity index (χ3n) is 2.82. The van der Waals surface area contributed by atoms with Crippen molar-refractivity contribution in [3.05, 3.63) is 84.4 Å². The first-order valence-electron chi connectivity index (χ1n) is 6.00. The number of hydrogen-bond donors (Lipinski definition) is 1. The van der Waals surface area contributed by atoms with E-state index < -0.39 is 0 Å². The van der Waals surface area contributed by atoms with Gasteiger partial charge in [-0.1, -0.05) is 67.2 Å². The predicted molar refractivity (Wildman–Crippen MR) is 79.0 cm³/mol. The Balaban J connectivity index is 2.29. The molecule has 0 atom stereocenters. The van der Waals surface area contributed by atoms with E-state index in [9.17, 15) is 0 Å². The lowest BCUT2D eigenvalue weighted by atomic mass is 10.0. The summed E-state index contributed by atoms with van der Waals surface area (Å²) in [6.45, 7) is 4.12. The summed E-state index contributed by atoms with van der Waals surface area (Å²) in [4.78, 5) is 0. The SMILES string of the molecule is C=C(/C=C(\NC)c1ccccc1)c1ccccc1. The summed E-state index contributed by atoms with van der Waals surface area (Å²) < 4.78 is 0. The second-order valence-corrected chi connectivity index (χ2v) is 4.07. The van der Waals surface area contributed by atoms with Crippen LogP contribution in [-0.2, 0) is 0 Å². The smallest absolute Gasteiger partial charge is 0.0417 e. The van der Waals surface area contributed by atoms with Crippen LogP contribution in [0.15, 0.2) is 73.3 Å². The second-order valence-electron chi connectivity index (χ2n) is 4.07. The van der Waals surface area contributed by atoms with Gasteiger partial charge in [-0.3, -0.25) is 0 Å². The van der Waals surface area contributed by atoms with Crippen molar-refractivity contribution >= 4 is 11.3 Å². The molecule has 2 rings (SSSR count). The Labute approximate surface area is 108 Å². The number of hydrogen-bond acceptors (Lipinski definition) is 1. The van der Waals surface area contributed by atoms with Gasteiger partial charge in [0.15, 0.2) is 0 Å². The van der Waals surface area contributed by atoms with E-state index in [0.717, 1.165) is 22.4 Å². The molecule has 0 bridgehead atoms. The highest BCUT2D eigenvalue weighted by Crippen LogP contribution is 2.18. The van der Waals surface area contributed by atoms with Crippen molar-refractivity contribution in [1.82, 2.24) is 5.32 Å². The zero-order valence-electron chi connectivity index (χ0n) is 10.6. The topological polar surface area (TPSA) is 12.0 Å². The van der Waals surface area contributed by atoms with E-state index in [-0.39, 0.29) is 0 Å². The van der Waals surface area contributed by atoms with Crippen molar-refractivity contribution in [2.24, 2.45) is 0 Å². The number of rotatable bonds is 4. The van der Waals surface area contributed by atoms with E-state index in [1.165, 1.54) is 0 Å². The summed E-state index contributed by atoms with van der Waals surface area (Å²) >= 11 is 0. The molecule has 0 unspecified atom stereocenters. The van der Waals surface area contributed by atoms with Gasteiger partial charge in [-0.15, -0.1) is 0 Å². The summed E-state index contributed by atoms with van der Waals surface area (Å²) in [6.07, 6.45) is 2.07. The molecule has 90 valence electrons. The van der Waals surface area contributed by atoms with Crippen LogP contribution in [0.2, 0.25) is 0 Å². The molecule has 0 aliphatic heterocycles. The van der Waals surface area contributed by atoms with Crippen LogP contribution in [0.4, 0.5) is 0 Å². The summed E-state index contributed by atoms with van der Waals surface area (Å²) in [5.41, 5.74) is 4.38. The van der Waals surface area contributed by atoms with Crippen LogP contribution in [0.3, 0.4) is 0 Å². The molecule has 2 aromatic rings. The number of allylic oxidation sites excluding steroid dienone is 2. The third-order valence-corrected chi connectivity index (χ3v) is 2.82. The van der Waals surface area contributed by atoms with Gasteiger partial charge < -0.3 is 5.32 Å². The van der Waals surface area contributed by atoms with Crippen molar-refractivity contribution in [1.29, 1.82) is 0 Å². The minimum absolute atomic E-state index is 1.00. The Kier molecular flexibility index (Phi) is 3.98. The van der Waals surface area contributed by atoms with Gasteiger partial charge in [0.25, 0.3) is 0 Å². The van der Waals surface area contributed by atoms with E-state index >= 15 is 0 Å². The first-order valence-corrected chi connectivity index (χ1v) is 6.00. The van der Waals surface area contributed by atoms with Crippen molar-refractivity contribution in [2.45, 2.75) is 0 Å². The molecule has 0 spiro atoms. The van der Waals surface area contributed by atoms with Gasteiger partial charge in [0, 0.05) is 12.7 Å². The van der Waals surface area contributed by atoms with Gasteiger partial charge in [0.05, 0.1) is 0 Å². The molecule has 0 aliphatic rings. The van der Waals surface area contributed by atoms with Gasteiger partial charge in [-0.2, -0.15) is 0 Å². The Bertz CT molecular complexity index is 538. The standard InChI is InChI=1S/C17H17N/c1-14(15-9-5-3-6-10-15)13-17(18-2)16-11-7-4-8-12-16/h3-13,18H,1H2,2H3/b17-13-. The zero-order chi connectivity index (χ0) is 12.8. The fraction of sp³-hybridized carbons (Fsp3) is 0.0588. The second kappa shape index (κ2) is 5.87. The minimum Gasteiger partial charge on any atom is -0.388 e. The predicted octanol–water partition coefficient (Wildman–Crippen LogP) is 3.96. The molecular weight excluding hydrogens is 218 g/mol. The van der Waals surface area contributed by atoms with E-state index in [0.29, 0.717) is 0 Å². The summed E-state index contributed by atoms with van der Waals surface area (Å²) in [5, 5.41) is 3.22. The molecule has 1 heteroatoms. The van der Waals surface area contributed by atoms with Crippen LogP contribution in [0.1, 0.15) is 11.1 Å². The maximum Gasteiger partial charge on any atom is 0.0417 e. The Morgan fingerprint density at radius 1 is 0.889 bits per heavy atom. The molecule has 0 saturated heterocycles. The van der Waals surface area contributed by atoms with Crippen molar-refractivity contribution < 1.29 is 0 Å². The first kappa shape index (κ1) is 12.2. The quantitative estimate of drug-likeness (QED) is 0.791. The van der Waals surface area contributed by atoms with E-state index in [1.54, 1.807) is 0 Å². The van der Waals surface area contributed by atoms with Crippen molar-refractivity contribution in [3.8, 4) is 0 Å². The highest BCUT2D eigenvalue weighted by atomic mass is 14.8. The Hall–Kier alpha value is -2.28. The molecule has 0 fully saturated rings. The Morgan fingerprint density at radius 3 is 1.89 bits per heavy atom. The molecule has 0 saturated carbocycles. The van der Waals surface area contributed by atoms with Crippen LogP contribution in [0.25, 0.3) is 11.3 Å². The number of benzene rings is 2. The zero-order valence-corrected chi connectivity index (χ0v) is 10.6. The van der Waals surface area contributed by atoms with Crippen LogP contribution in [0.5, 0.6) is 0 Å². The molecular formula is C17H17N. The third kappa shape index (κ3) is 2.89. The fourth-order valence-corrected chi connectivity index (χ4v) is 1.83. The molecule has 0 aromatic heterocycles. The number of nitrogens with one attached hydrogen (secondary N) is 1. The highest BCUT2D eigenvalue weighted by molar-refractivity contribution is 5.81. The molecule has 0 radical (unpaired) electrons. The average Bonchev–Trinajstić information content (AvgIpc) is 2.46. The lowest BCUT2D eigenvalue weighted by molar-refractivity contribution is 1.13. The molecule has 2 aromatic carbocycles. The molecule has 0 heterocycles. The van der Waals surface area contributed by atoms with E-state index in [4.69, 9.17) is 0 Å². The summed E-state index contributed by atoms with van der Waals surface area (Å²) in [7, 11) is 1.93. The largest absolute Gasteiger partial charge is 0.388 e. The molecule has 1 nitrogen and oxygen atoms in total. The van der Waals surface area contributed by atoms with Crippen LogP contribution < -0.4 is 5.32 Å². The molecule has 18 heavy (non-hydrogen) atoms. The van der Waals surface area contributed by atoms with E-state index in [1.807, 2.05) is 43.4 Å². The van der Waals surface area contributed by atoms with Gasteiger partial charge in [-0.25, -0.2) is 0 Å². The summed E-state index contributed by atoms with van der Waals surface area (Å²) in [6, 6.07) is 20.4. The summed E-state index contributed by atoms with van der Waals surface area (Å²) in [5.74, 6) is 0. The molecule has 0 aliphatic carbocycles. The first-order chi connectivity index (χ1) is 8.81. The lowest BCUT2D eigenvalue weighted by Crippen LogP contribution is -2.04. The fourth-order valence-electron chi connectivity index (χ4n) is 1.83. The van der Waals surface area contributed by atoms with Gasteiger partial charge in [0.1, 0.15) is 0 Å². The van der Waals surface area contributed by atoms with E-state index in [2.05, 4.69) is 42.2 Å². The van der Waals surface area contributed by atoms with Crippen LogP contribution >= 0.6 is 0 Å². The monoisotopic (exact) mass is 235 g/mol. The molecule has 1 N–H and O–H groups in total. The van der Waals surface area contributed by atoms with Crippen LogP contribution in [0, 0.1) is 0 Å². The average molecular weight is 235 g/mol. The maximum absolute atomic E-state index is 4.12. The lowest BCUT2D eigenvalue weighted by Gasteiger charge is -2.08. The maximum atomic E-state index is 4.12. The molecule has 0 amide bonds. The van der Waals surface area contributed by atoms with Crippen LogP contribution in [-0.4, -0.2) is 7.05 Å². The Morgan fingerprint density at radius 2 is 1.39 bits per heavy atom. The minimum atomic E-state index is 1.00. The van der Waals surface area contributed by atoms with Crippen molar-refractivity contribution in [3.63, 3.8) is 0 Å². The van der Waals surface area contributed by atoms with Crippen molar-refractivity contribution in [2.75, 3.05) is 7.05 Å². The van der Waals surface area contributed by atoms with Gasteiger partial charge >= 0.3 is 0 Å².